The zero-order chi connectivity index (χ0) is 17.4. The van der Waals surface area contributed by atoms with Crippen molar-refractivity contribution in [2.45, 2.75) is 27.7 Å². The second-order valence-electron chi connectivity index (χ2n) is 5.25. The first-order valence-corrected chi connectivity index (χ1v) is 7.75. The average Bonchev–Trinajstić information content (AvgIpc) is 2.62. The first-order valence-electron chi connectivity index (χ1n) is 7.75. The van der Waals surface area contributed by atoms with Crippen LogP contribution in [0.1, 0.15) is 27.7 Å². The van der Waals surface area contributed by atoms with Crippen molar-refractivity contribution < 1.29 is 0 Å². The van der Waals surface area contributed by atoms with E-state index < -0.39 is 0 Å². The van der Waals surface area contributed by atoms with Gasteiger partial charge in [0.25, 0.3) is 0 Å². The van der Waals surface area contributed by atoms with Gasteiger partial charge in [-0.3, -0.25) is 10.9 Å². The summed E-state index contributed by atoms with van der Waals surface area (Å²) in [6.45, 7) is 7.89. The maximum Gasteiger partial charge on any atom is 0.176 e. The van der Waals surface area contributed by atoms with Crippen LogP contribution in [-0.2, 0) is 0 Å². The summed E-state index contributed by atoms with van der Waals surface area (Å²) in [4.78, 5) is 0. The van der Waals surface area contributed by atoms with Crippen LogP contribution in [0, 0.1) is 0 Å². The van der Waals surface area contributed by atoms with E-state index in [1.165, 1.54) is 0 Å². The fourth-order valence-corrected chi connectivity index (χ4v) is 1.81. The Bertz CT molecular complexity index is 749. The molecule has 1 aromatic heterocycles. The Morgan fingerprint density at radius 1 is 0.833 bits per heavy atom. The molecule has 0 unspecified atom stereocenters. The number of anilines is 2. The van der Waals surface area contributed by atoms with Crippen LogP contribution in [0.4, 0.5) is 11.6 Å². The molecule has 0 aliphatic rings. The Hall–Kier alpha value is -3.02. The molecule has 0 radical (unpaired) electrons. The summed E-state index contributed by atoms with van der Waals surface area (Å²) in [7, 11) is 0. The molecule has 2 rings (SSSR count). The summed E-state index contributed by atoms with van der Waals surface area (Å²) >= 11 is 0. The van der Waals surface area contributed by atoms with Gasteiger partial charge in [0.15, 0.2) is 11.6 Å². The smallest absolute Gasteiger partial charge is 0.176 e. The molecule has 24 heavy (non-hydrogen) atoms. The van der Waals surface area contributed by atoms with Crippen LogP contribution in [0.25, 0.3) is 10.8 Å². The fraction of sp³-hybridized carbons (Fsp3) is 0.222. The van der Waals surface area contributed by atoms with Crippen molar-refractivity contribution in [3.05, 3.63) is 47.6 Å². The van der Waals surface area contributed by atoms with Crippen molar-refractivity contribution in [1.82, 2.24) is 10.2 Å². The van der Waals surface area contributed by atoms with Gasteiger partial charge in [0.1, 0.15) is 0 Å². The normalized spacial score (nSPS) is 13.2. The summed E-state index contributed by atoms with van der Waals surface area (Å²) in [6, 6.07) is 7.84. The van der Waals surface area contributed by atoms with Crippen molar-refractivity contribution in [3.63, 3.8) is 0 Å². The number of nitrogens with one attached hydrogen (secondary N) is 2. The first-order chi connectivity index (χ1) is 11.7. The van der Waals surface area contributed by atoms with E-state index in [-0.39, 0.29) is 0 Å². The fourth-order valence-electron chi connectivity index (χ4n) is 1.81. The molecule has 0 aliphatic carbocycles. The van der Waals surface area contributed by atoms with Crippen LogP contribution < -0.4 is 10.9 Å². The highest BCUT2D eigenvalue weighted by Crippen LogP contribution is 2.25. The van der Waals surface area contributed by atoms with Gasteiger partial charge < -0.3 is 0 Å². The largest absolute Gasteiger partial charge is 0.259 e. The zero-order valence-corrected chi connectivity index (χ0v) is 14.4. The van der Waals surface area contributed by atoms with Crippen LogP contribution in [0.2, 0.25) is 0 Å². The van der Waals surface area contributed by atoms with Crippen molar-refractivity contribution in [1.29, 1.82) is 0 Å². The number of hydrogen-bond donors (Lipinski definition) is 2. The number of fused-ring (bicyclic) bond motifs is 1. The van der Waals surface area contributed by atoms with E-state index in [0.29, 0.717) is 11.6 Å². The molecule has 2 aromatic rings. The lowest BCUT2D eigenvalue weighted by Crippen LogP contribution is -2.01. The molecule has 0 fully saturated rings. The molecule has 6 heteroatoms. The Morgan fingerprint density at radius 2 is 1.25 bits per heavy atom. The average molecular weight is 322 g/mol. The third kappa shape index (κ3) is 4.49. The van der Waals surface area contributed by atoms with Crippen LogP contribution in [0.5, 0.6) is 0 Å². The number of benzene rings is 1. The minimum Gasteiger partial charge on any atom is -0.259 e. The van der Waals surface area contributed by atoms with E-state index in [1.807, 2.05) is 64.1 Å². The Balaban J connectivity index is 2.29. The number of rotatable bonds is 6. The number of allylic oxidation sites excluding steroid dienone is 4. The molecule has 0 saturated heterocycles. The molecule has 1 heterocycles. The highest BCUT2D eigenvalue weighted by molar-refractivity contribution is 5.98. The Kier molecular flexibility index (Phi) is 6.19. The highest BCUT2D eigenvalue weighted by atomic mass is 15.4. The van der Waals surface area contributed by atoms with E-state index in [1.54, 1.807) is 12.4 Å². The van der Waals surface area contributed by atoms with Crippen LogP contribution >= 0.6 is 0 Å². The third-order valence-electron chi connectivity index (χ3n) is 3.48. The van der Waals surface area contributed by atoms with Crippen LogP contribution in [-0.4, -0.2) is 22.6 Å². The predicted octanol–water partition coefficient (Wildman–Crippen LogP) is 4.36. The van der Waals surface area contributed by atoms with Gasteiger partial charge in [-0.05, 0) is 38.8 Å². The summed E-state index contributed by atoms with van der Waals surface area (Å²) in [6.07, 6.45) is 7.44. The highest BCUT2D eigenvalue weighted by Gasteiger charge is 2.07. The maximum atomic E-state index is 4.20. The van der Waals surface area contributed by atoms with Crippen LogP contribution in [0.3, 0.4) is 0 Å². The van der Waals surface area contributed by atoms with Gasteiger partial charge >= 0.3 is 0 Å². The number of aromatic nitrogens is 2. The molecule has 124 valence electrons. The minimum atomic E-state index is 0.602. The third-order valence-corrected chi connectivity index (χ3v) is 3.48. The summed E-state index contributed by atoms with van der Waals surface area (Å²) < 4.78 is 0. The molecule has 0 aliphatic heterocycles. The second-order valence-corrected chi connectivity index (χ2v) is 5.25. The van der Waals surface area contributed by atoms with Crippen molar-refractivity contribution in [2.24, 2.45) is 10.2 Å². The quantitative estimate of drug-likeness (QED) is 0.612. The Morgan fingerprint density at radius 3 is 1.62 bits per heavy atom. The summed E-state index contributed by atoms with van der Waals surface area (Å²) in [5.41, 5.74) is 8.01. The van der Waals surface area contributed by atoms with E-state index in [9.17, 15) is 0 Å². The molecule has 0 saturated carbocycles. The van der Waals surface area contributed by atoms with Gasteiger partial charge in [-0.2, -0.15) is 10.2 Å². The van der Waals surface area contributed by atoms with E-state index >= 15 is 0 Å². The van der Waals surface area contributed by atoms with E-state index in [0.717, 1.165) is 21.9 Å². The number of hydrazone groups is 2. The van der Waals surface area contributed by atoms with Crippen molar-refractivity contribution in [3.8, 4) is 0 Å². The number of nitrogens with zero attached hydrogens (tertiary/aromatic N) is 4. The lowest BCUT2D eigenvalue weighted by Gasteiger charge is -2.07. The van der Waals surface area contributed by atoms with Gasteiger partial charge in [-0.25, -0.2) is 0 Å². The lowest BCUT2D eigenvalue weighted by molar-refractivity contribution is 1.03. The minimum absolute atomic E-state index is 0.602. The van der Waals surface area contributed by atoms with Crippen molar-refractivity contribution in [2.75, 3.05) is 10.9 Å². The maximum absolute atomic E-state index is 4.20. The molecule has 0 atom stereocenters. The molecular weight excluding hydrogens is 300 g/mol. The summed E-state index contributed by atoms with van der Waals surface area (Å²) in [5, 5.41) is 18.6. The molecule has 0 spiro atoms. The van der Waals surface area contributed by atoms with Gasteiger partial charge in [0.05, 0.1) is 0 Å². The Labute approximate surface area is 142 Å². The standard InChI is InChI=1S/C18H22N6/c1-5-13(3)11-19-21-17-15-9-7-8-10-16(15)18(24-23-17)22-20-12-14(4)6-2/h5-12H,1-4H3,(H,21,23)(H,22,24)/b13-5+,14-6+,19-11+,20-12+. The molecule has 0 bridgehead atoms. The van der Waals surface area contributed by atoms with E-state index in [2.05, 4.69) is 31.3 Å². The van der Waals surface area contributed by atoms with Gasteiger partial charge in [0.2, 0.25) is 0 Å². The molecule has 2 N–H and O–H groups in total. The molecule has 6 nitrogen and oxygen atoms in total. The van der Waals surface area contributed by atoms with Crippen molar-refractivity contribution >= 4 is 34.8 Å². The second kappa shape index (κ2) is 8.57. The molecule has 1 aromatic carbocycles. The first kappa shape index (κ1) is 17.3. The lowest BCUT2D eigenvalue weighted by atomic mass is 10.2. The zero-order valence-electron chi connectivity index (χ0n) is 14.4. The number of hydrogen-bond acceptors (Lipinski definition) is 6. The van der Waals surface area contributed by atoms with Gasteiger partial charge in [-0.15, -0.1) is 10.2 Å². The SMILES string of the molecule is C/C=C(C)/C=N/Nc1nnc(N/N=C/C(C)=C/C)c2ccccc12. The van der Waals surface area contributed by atoms with Gasteiger partial charge in [0, 0.05) is 23.2 Å². The predicted molar refractivity (Wildman–Crippen MR) is 103 cm³/mol. The van der Waals surface area contributed by atoms with E-state index in [4.69, 9.17) is 0 Å². The molecular formula is C18H22N6. The van der Waals surface area contributed by atoms with Crippen LogP contribution in [0.15, 0.2) is 57.8 Å². The summed E-state index contributed by atoms with van der Waals surface area (Å²) in [5.74, 6) is 1.20. The topological polar surface area (TPSA) is 74.6 Å². The monoisotopic (exact) mass is 322 g/mol. The van der Waals surface area contributed by atoms with Gasteiger partial charge in [-0.1, -0.05) is 36.4 Å². The molecule has 0 amide bonds.